The van der Waals surface area contributed by atoms with Crippen LogP contribution in [-0.4, -0.2) is 68.8 Å². The van der Waals surface area contributed by atoms with E-state index in [1.54, 1.807) is 20.0 Å². The van der Waals surface area contributed by atoms with Gasteiger partial charge in [0.2, 0.25) is 0 Å². The Bertz CT molecular complexity index is 1550. The number of aromatic nitrogens is 3. The molecule has 4 N–H and O–H groups in total. The number of hydrogen-bond donors (Lipinski definition) is 4. The van der Waals surface area contributed by atoms with Gasteiger partial charge in [-0.05, 0) is 57.6 Å². The molecule has 2 aliphatic carbocycles. The standard InChI is InChI=1S/C27H33N5O5.C5H8.C4H8ClN.C2H6/c1-15(2)19-9-10-20(23(19)16(3)27(36)37)31-26(35)22-13-21(25(34)29-18-7-5-4-6-8-18)30-24-17(11-12-33)14-28-32(22)24;1-3-5-4-2;1-4(3-5)6-2;1-2/h12-14,16,18,20H,1,4-11H2,2-3H3,(H,29,34)(H,31,35)(H,36,37);3-5H,1H2,2H3;6H,1,3H2,2H3;1-2H3/b;5-4-;;. The summed E-state index contributed by atoms with van der Waals surface area (Å²) >= 11 is 5.29. The summed E-state index contributed by atoms with van der Waals surface area (Å²) in [5.74, 6) is -2.17. The molecule has 1 saturated carbocycles. The number of carbonyl (C=O) groups excluding carboxylic acids is 3. The van der Waals surface area contributed by atoms with Crippen LogP contribution in [0.1, 0.15) is 106 Å². The van der Waals surface area contributed by atoms with Gasteiger partial charge < -0.3 is 25.9 Å². The van der Waals surface area contributed by atoms with Gasteiger partial charge in [-0.15, -0.1) is 11.6 Å². The third-order valence-corrected chi connectivity index (χ3v) is 8.48. The van der Waals surface area contributed by atoms with Gasteiger partial charge in [-0.3, -0.25) is 14.4 Å². The first-order chi connectivity index (χ1) is 23.9. The molecule has 274 valence electrons. The summed E-state index contributed by atoms with van der Waals surface area (Å²) in [6, 6.07) is 0.954. The first-order valence-electron chi connectivity index (χ1n) is 17.1. The molecule has 0 aromatic carbocycles. The molecule has 2 aromatic rings. The molecule has 2 atom stereocenters. The molecule has 0 saturated heterocycles. The highest BCUT2D eigenvalue weighted by atomic mass is 35.5. The molecule has 2 amide bonds. The van der Waals surface area contributed by atoms with Crippen LogP contribution in [-0.2, 0) is 16.0 Å². The lowest BCUT2D eigenvalue weighted by molar-refractivity contribution is -0.140. The summed E-state index contributed by atoms with van der Waals surface area (Å²) < 4.78 is 1.32. The molecule has 0 aliphatic heterocycles. The van der Waals surface area contributed by atoms with Crippen molar-refractivity contribution in [2.75, 3.05) is 12.9 Å². The number of alkyl halides is 1. The lowest BCUT2D eigenvalue weighted by Crippen LogP contribution is -2.39. The number of aliphatic carboxylic acids is 1. The highest BCUT2D eigenvalue weighted by molar-refractivity contribution is 6.19. The predicted octanol–water partition coefficient (Wildman–Crippen LogP) is 6.75. The van der Waals surface area contributed by atoms with Crippen LogP contribution in [0, 0.1) is 5.92 Å². The van der Waals surface area contributed by atoms with Gasteiger partial charge in [0.05, 0.1) is 24.0 Å². The van der Waals surface area contributed by atoms with E-state index >= 15 is 0 Å². The number of hydrogen-bond acceptors (Lipinski definition) is 7. The minimum Gasteiger partial charge on any atom is -0.481 e. The molecule has 0 spiro atoms. The summed E-state index contributed by atoms with van der Waals surface area (Å²) in [4.78, 5) is 54.1. The van der Waals surface area contributed by atoms with Crippen LogP contribution in [0.25, 0.3) is 5.65 Å². The molecule has 0 radical (unpaired) electrons. The first kappa shape index (κ1) is 43.5. The van der Waals surface area contributed by atoms with E-state index in [9.17, 15) is 24.3 Å². The Morgan fingerprint density at radius 3 is 2.26 bits per heavy atom. The molecule has 2 heterocycles. The number of rotatable bonds is 12. The van der Waals surface area contributed by atoms with Gasteiger partial charge in [0, 0.05) is 36.8 Å². The highest BCUT2D eigenvalue weighted by Gasteiger charge is 2.34. The molecule has 2 unspecified atom stereocenters. The summed E-state index contributed by atoms with van der Waals surface area (Å²) in [6.45, 7) is 20.4. The quantitative estimate of drug-likeness (QED) is 0.107. The van der Waals surface area contributed by atoms with Crippen molar-refractivity contribution in [3.63, 3.8) is 0 Å². The molecule has 50 heavy (non-hydrogen) atoms. The van der Waals surface area contributed by atoms with E-state index in [1.165, 1.54) is 16.8 Å². The fraction of sp³-hybridized carbons (Fsp3) is 0.474. The molecule has 4 rings (SSSR count). The summed E-state index contributed by atoms with van der Waals surface area (Å²) in [5, 5.41) is 22.7. The van der Waals surface area contributed by atoms with Crippen molar-refractivity contribution < 1.29 is 24.3 Å². The lowest BCUT2D eigenvalue weighted by atomic mass is 9.92. The van der Waals surface area contributed by atoms with E-state index in [2.05, 4.69) is 45.8 Å². The topological polar surface area (TPSA) is 155 Å². The molecular formula is C38H55ClN6O5. The van der Waals surface area contributed by atoms with E-state index in [-0.39, 0.29) is 35.4 Å². The number of carboxylic acids is 1. The number of aldehydes is 1. The van der Waals surface area contributed by atoms with Crippen molar-refractivity contribution in [2.24, 2.45) is 5.92 Å². The minimum atomic E-state index is -0.978. The summed E-state index contributed by atoms with van der Waals surface area (Å²) in [7, 11) is 1.80. The monoisotopic (exact) mass is 710 g/mol. The zero-order valence-electron chi connectivity index (χ0n) is 30.5. The summed E-state index contributed by atoms with van der Waals surface area (Å²) in [6.07, 6.45) is 14.0. The molecular weight excluding hydrogens is 656 g/mol. The Kier molecular flexibility index (Phi) is 20.0. The number of nitrogens with one attached hydrogen (secondary N) is 3. The lowest BCUT2D eigenvalue weighted by Gasteiger charge is -2.23. The Morgan fingerprint density at radius 1 is 1.12 bits per heavy atom. The van der Waals surface area contributed by atoms with E-state index in [1.807, 2.05) is 39.8 Å². The van der Waals surface area contributed by atoms with E-state index in [4.69, 9.17) is 11.6 Å². The van der Waals surface area contributed by atoms with Crippen LogP contribution in [0.2, 0.25) is 0 Å². The molecule has 2 aromatic heterocycles. The van der Waals surface area contributed by atoms with E-state index < -0.39 is 23.8 Å². The van der Waals surface area contributed by atoms with Gasteiger partial charge >= 0.3 is 5.97 Å². The maximum atomic E-state index is 13.6. The SMILES string of the molecule is C=C(C)C1=C(C(C)C(=O)O)C(NC(=O)c2cc(C(=O)NC3CCCCC3)nc3c(CC=O)cnn23)CC1.C=C(CCl)NC.C=C/C=C\C.CC. The van der Waals surface area contributed by atoms with Crippen LogP contribution >= 0.6 is 11.6 Å². The van der Waals surface area contributed by atoms with Crippen molar-refractivity contribution in [1.82, 2.24) is 30.5 Å². The van der Waals surface area contributed by atoms with Crippen molar-refractivity contribution in [3.8, 4) is 0 Å². The Hall–Kier alpha value is -4.51. The largest absolute Gasteiger partial charge is 0.481 e. The maximum absolute atomic E-state index is 13.6. The number of carboxylic acid groups (broad SMARTS) is 1. The van der Waals surface area contributed by atoms with Gasteiger partial charge in [0.1, 0.15) is 17.7 Å². The van der Waals surface area contributed by atoms with Crippen molar-refractivity contribution in [2.45, 2.75) is 98.1 Å². The second-order valence-corrected chi connectivity index (χ2v) is 12.0. The number of halogens is 1. The molecule has 2 aliphatic rings. The third-order valence-electron chi connectivity index (χ3n) is 8.16. The molecule has 1 fully saturated rings. The van der Waals surface area contributed by atoms with Gasteiger partial charge in [-0.2, -0.15) is 5.10 Å². The summed E-state index contributed by atoms with van der Waals surface area (Å²) in [5.41, 5.74) is 4.05. The Morgan fingerprint density at radius 2 is 1.78 bits per heavy atom. The van der Waals surface area contributed by atoms with Crippen LogP contribution in [0.5, 0.6) is 0 Å². The number of nitrogens with zero attached hydrogens (tertiary/aromatic N) is 3. The average Bonchev–Trinajstić information content (AvgIpc) is 3.73. The van der Waals surface area contributed by atoms with Crippen LogP contribution in [0.15, 0.2) is 72.6 Å². The normalized spacial score (nSPS) is 16.0. The third kappa shape index (κ3) is 12.7. The predicted molar refractivity (Wildman–Crippen MR) is 202 cm³/mol. The molecule has 0 bridgehead atoms. The minimum absolute atomic E-state index is 0.0405. The zero-order chi connectivity index (χ0) is 37.8. The highest BCUT2D eigenvalue weighted by Crippen LogP contribution is 2.36. The van der Waals surface area contributed by atoms with Gasteiger partial charge in [-0.1, -0.05) is 76.6 Å². The van der Waals surface area contributed by atoms with Gasteiger partial charge in [-0.25, -0.2) is 9.50 Å². The second-order valence-electron chi connectivity index (χ2n) is 11.7. The van der Waals surface area contributed by atoms with Crippen molar-refractivity contribution in [3.05, 3.63) is 89.6 Å². The van der Waals surface area contributed by atoms with Crippen LogP contribution in [0.3, 0.4) is 0 Å². The zero-order valence-corrected chi connectivity index (χ0v) is 31.2. The maximum Gasteiger partial charge on any atom is 0.310 e. The number of allylic oxidation sites excluding steroid dienone is 6. The van der Waals surface area contributed by atoms with E-state index in [0.29, 0.717) is 29.9 Å². The van der Waals surface area contributed by atoms with E-state index in [0.717, 1.165) is 55.2 Å². The van der Waals surface area contributed by atoms with Gasteiger partial charge in [0.25, 0.3) is 11.8 Å². The van der Waals surface area contributed by atoms with Gasteiger partial charge in [0.15, 0.2) is 5.65 Å². The Labute approximate surface area is 302 Å². The fourth-order valence-electron chi connectivity index (χ4n) is 5.57. The van der Waals surface area contributed by atoms with Crippen molar-refractivity contribution in [1.29, 1.82) is 0 Å². The average molecular weight is 711 g/mol. The van der Waals surface area contributed by atoms with Crippen LogP contribution < -0.4 is 16.0 Å². The number of carbonyl (C=O) groups is 4. The molecule has 11 nitrogen and oxygen atoms in total. The van der Waals surface area contributed by atoms with Crippen LogP contribution in [0.4, 0.5) is 0 Å². The fourth-order valence-corrected chi connectivity index (χ4v) is 5.70. The smallest absolute Gasteiger partial charge is 0.310 e. The molecule has 12 heteroatoms. The second kappa shape index (κ2) is 23.0. The number of fused-ring (bicyclic) bond motifs is 1. The first-order valence-corrected chi connectivity index (χ1v) is 17.7. The van der Waals surface area contributed by atoms with Crippen molar-refractivity contribution >= 4 is 41.3 Å². The number of amides is 2. The Balaban J connectivity index is 0.000000825.